The van der Waals surface area contributed by atoms with Gasteiger partial charge in [0.25, 0.3) is 5.91 Å². The van der Waals surface area contributed by atoms with Crippen molar-refractivity contribution in [3.63, 3.8) is 0 Å². The molecule has 7 nitrogen and oxygen atoms in total. The molecule has 0 fully saturated rings. The van der Waals surface area contributed by atoms with Gasteiger partial charge in [0.2, 0.25) is 0 Å². The number of nitrogens with zero attached hydrogens (tertiary/aromatic N) is 2. The maximum absolute atomic E-state index is 11.8. The van der Waals surface area contributed by atoms with Crippen LogP contribution in [0.4, 0.5) is 5.82 Å². The Bertz CT molecular complexity index is 445. The van der Waals surface area contributed by atoms with Gasteiger partial charge in [-0.05, 0) is 12.1 Å². The second-order valence-corrected chi connectivity index (χ2v) is 4.18. The minimum atomic E-state index is -1.18. The van der Waals surface area contributed by atoms with Crippen molar-refractivity contribution in [2.45, 2.75) is 12.5 Å². The first-order valence-electron chi connectivity index (χ1n) is 5.73. The summed E-state index contributed by atoms with van der Waals surface area (Å²) in [6, 6.07) is 2.12. The Morgan fingerprint density at radius 3 is 2.53 bits per heavy atom. The van der Waals surface area contributed by atoms with Crippen LogP contribution >= 0.6 is 0 Å². The van der Waals surface area contributed by atoms with Crippen LogP contribution < -0.4 is 10.2 Å². The summed E-state index contributed by atoms with van der Waals surface area (Å²) in [5.74, 6) is -1.01. The first-order valence-corrected chi connectivity index (χ1v) is 5.73. The third-order valence-corrected chi connectivity index (χ3v) is 2.49. The summed E-state index contributed by atoms with van der Waals surface area (Å²) in [6.07, 6.45) is 1.34. The zero-order chi connectivity index (χ0) is 14.4. The highest BCUT2D eigenvalue weighted by Crippen LogP contribution is 2.08. The topological polar surface area (TPSA) is 103 Å². The van der Waals surface area contributed by atoms with Gasteiger partial charge < -0.3 is 20.4 Å². The van der Waals surface area contributed by atoms with Crippen molar-refractivity contribution in [1.82, 2.24) is 10.3 Å². The number of hydrogen-bond donors (Lipinski definition) is 3. The first kappa shape index (κ1) is 14.9. The molecule has 1 atom stereocenters. The number of aromatic nitrogens is 1. The van der Waals surface area contributed by atoms with Crippen LogP contribution in [-0.4, -0.2) is 53.8 Å². The van der Waals surface area contributed by atoms with Crippen molar-refractivity contribution in [3.05, 3.63) is 23.9 Å². The molecule has 0 aliphatic rings. The highest BCUT2D eigenvalue weighted by molar-refractivity contribution is 5.96. The van der Waals surface area contributed by atoms with Gasteiger partial charge in [-0.15, -0.1) is 0 Å². The molecule has 0 aromatic carbocycles. The molecule has 0 spiro atoms. The lowest BCUT2D eigenvalue weighted by Gasteiger charge is -2.14. The van der Waals surface area contributed by atoms with E-state index < -0.39 is 17.9 Å². The largest absolute Gasteiger partial charge is 0.480 e. The number of carbonyl (C=O) groups is 2. The SMILES string of the molecule is CN(C)c1ccc(C(=O)NC(CCO)C(=O)O)cn1. The lowest BCUT2D eigenvalue weighted by atomic mass is 10.2. The van der Waals surface area contributed by atoms with Gasteiger partial charge in [-0.2, -0.15) is 0 Å². The summed E-state index contributed by atoms with van der Waals surface area (Å²) in [6.45, 7) is -0.310. The molecule has 1 aromatic rings. The molecule has 0 saturated heterocycles. The van der Waals surface area contributed by atoms with Gasteiger partial charge in [0.1, 0.15) is 11.9 Å². The monoisotopic (exact) mass is 267 g/mol. The molecule has 1 amide bonds. The third kappa shape index (κ3) is 4.22. The fourth-order valence-electron chi connectivity index (χ4n) is 1.41. The summed E-state index contributed by atoms with van der Waals surface area (Å²) in [5, 5.41) is 19.9. The van der Waals surface area contributed by atoms with E-state index in [0.717, 1.165) is 0 Å². The van der Waals surface area contributed by atoms with Crippen LogP contribution in [0.2, 0.25) is 0 Å². The van der Waals surface area contributed by atoms with E-state index in [2.05, 4.69) is 10.3 Å². The minimum absolute atomic E-state index is 0.0374. The predicted molar refractivity (Wildman–Crippen MR) is 69.2 cm³/mol. The van der Waals surface area contributed by atoms with E-state index in [4.69, 9.17) is 10.2 Å². The van der Waals surface area contributed by atoms with Gasteiger partial charge in [-0.25, -0.2) is 9.78 Å². The second-order valence-electron chi connectivity index (χ2n) is 4.18. The molecular formula is C12H17N3O4. The van der Waals surface area contributed by atoms with Gasteiger partial charge in [0.05, 0.1) is 5.56 Å². The zero-order valence-corrected chi connectivity index (χ0v) is 10.8. The molecule has 0 radical (unpaired) electrons. The Hall–Kier alpha value is -2.15. The average molecular weight is 267 g/mol. The fraction of sp³-hybridized carbons (Fsp3) is 0.417. The highest BCUT2D eigenvalue weighted by Gasteiger charge is 2.20. The fourth-order valence-corrected chi connectivity index (χ4v) is 1.41. The van der Waals surface area contributed by atoms with Crippen LogP contribution in [0.5, 0.6) is 0 Å². The maximum atomic E-state index is 11.8. The molecule has 1 unspecified atom stereocenters. The van der Waals surface area contributed by atoms with E-state index in [0.29, 0.717) is 5.82 Å². The molecule has 0 bridgehead atoms. The van der Waals surface area contributed by atoms with Crippen LogP contribution in [0.15, 0.2) is 18.3 Å². The van der Waals surface area contributed by atoms with Crippen LogP contribution in [-0.2, 0) is 4.79 Å². The number of amides is 1. The number of carboxylic acids is 1. The lowest BCUT2D eigenvalue weighted by Crippen LogP contribution is -2.41. The van der Waals surface area contributed by atoms with Gasteiger partial charge in [-0.3, -0.25) is 4.79 Å². The van der Waals surface area contributed by atoms with Crippen molar-refractivity contribution in [2.75, 3.05) is 25.6 Å². The quantitative estimate of drug-likeness (QED) is 0.654. The van der Waals surface area contributed by atoms with Crippen LogP contribution in [0.1, 0.15) is 16.8 Å². The minimum Gasteiger partial charge on any atom is -0.480 e. The smallest absolute Gasteiger partial charge is 0.326 e. The molecule has 3 N–H and O–H groups in total. The van der Waals surface area contributed by atoms with E-state index in [1.165, 1.54) is 6.20 Å². The Morgan fingerprint density at radius 1 is 1.42 bits per heavy atom. The van der Waals surface area contributed by atoms with Crippen molar-refractivity contribution >= 4 is 17.7 Å². The Labute approximate surface area is 110 Å². The molecule has 0 aliphatic carbocycles. The van der Waals surface area contributed by atoms with Gasteiger partial charge >= 0.3 is 5.97 Å². The number of aliphatic carboxylic acids is 1. The zero-order valence-electron chi connectivity index (χ0n) is 10.8. The van der Waals surface area contributed by atoms with Gasteiger partial charge in [-0.1, -0.05) is 0 Å². The van der Waals surface area contributed by atoms with Crippen LogP contribution in [0.25, 0.3) is 0 Å². The lowest BCUT2D eigenvalue weighted by molar-refractivity contribution is -0.139. The second kappa shape index (κ2) is 6.69. The molecule has 1 heterocycles. The Morgan fingerprint density at radius 2 is 2.11 bits per heavy atom. The number of aliphatic hydroxyl groups excluding tert-OH is 1. The molecule has 7 heteroatoms. The molecule has 19 heavy (non-hydrogen) atoms. The number of hydrogen-bond acceptors (Lipinski definition) is 5. The van der Waals surface area contributed by atoms with Crippen molar-refractivity contribution in [2.24, 2.45) is 0 Å². The number of nitrogens with one attached hydrogen (secondary N) is 1. The molecule has 104 valence electrons. The Balaban J connectivity index is 2.74. The number of rotatable bonds is 6. The van der Waals surface area contributed by atoms with Crippen molar-refractivity contribution in [1.29, 1.82) is 0 Å². The summed E-state index contributed by atoms with van der Waals surface area (Å²) in [4.78, 5) is 28.5. The normalized spacial score (nSPS) is 11.7. The van der Waals surface area contributed by atoms with Gasteiger partial charge in [0.15, 0.2) is 0 Å². The number of anilines is 1. The third-order valence-electron chi connectivity index (χ3n) is 2.49. The average Bonchev–Trinajstić information content (AvgIpc) is 2.38. The van der Waals surface area contributed by atoms with Crippen molar-refractivity contribution < 1.29 is 19.8 Å². The predicted octanol–water partition coefficient (Wildman–Crippen LogP) is -0.287. The van der Waals surface area contributed by atoms with Crippen LogP contribution in [0.3, 0.4) is 0 Å². The first-order chi connectivity index (χ1) is 8.95. The maximum Gasteiger partial charge on any atom is 0.326 e. The van der Waals surface area contributed by atoms with Crippen molar-refractivity contribution in [3.8, 4) is 0 Å². The van der Waals surface area contributed by atoms with Gasteiger partial charge in [0, 0.05) is 33.3 Å². The number of pyridine rings is 1. The summed E-state index contributed by atoms with van der Waals surface area (Å²) < 4.78 is 0. The number of carbonyl (C=O) groups excluding carboxylic acids is 1. The molecule has 1 aromatic heterocycles. The molecule has 1 rings (SSSR count). The summed E-state index contributed by atoms with van der Waals surface area (Å²) in [5.41, 5.74) is 0.273. The van der Waals surface area contributed by atoms with E-state index in [-0.39, 0.29) is 18.6 Å². The summed E-state index contributed by atoms with van der Waals surface area (Å²) >= 11 is 0. The standard InChI is InChI=1S/C12H17N3O4/c1-15(2)10-4-3-8(7-13-10)11(17)14-9(5-6-16)12(18)19/h3-4,7,9,16H,5-6H2,1-2H3,(H,14,17)(H,18,19). The molecule has 0 saturated carbocycles. The van der Waals surface area contributed by atoms with E-state index in [1.807, 2.05) is 14.1 Å². The van der Waals surface area contributed by atoms with E-state index in [1.54, 1.807) is 17.0 Å². The van der Waals surface area contributed by atoms with E-state index in [9.17, 15) is 9.59 Å². The van der Waals surface area contributed by atoms with Crippen LogP contribution in [0, 0.1) is 0 Å². The van der Waals surface area contributed by atoms with E-state index >= 15 is 0 Å². The Kier molecular flexibility index (Phi) is 5.25. The highest BCUT2D eigenvalue weighted by atomic mass is 16.4. The summed E-state index contributed by atoms with van der Waals surface area (Å²) in [7, 11) is 3.65. The molecular weight excluding hydrogens is 250 g/mol. The molecule has 0 aliphatic heterocycles. The number of aliphatic hydroxyl groups is 1. The number of carboxylic acid groups (broad SMARTS) is 1.